The summed E-state index contributed by atoms with van der Waals surface area (Å²) in [6.45, 7) is 7.53. The van der Waals surface area contributed by atoms with Gasteiger partial charge in [0, 0.05) is 137 Å². The van der Waals surface area contributed by atoms with Gasteiger partial charge in [0.25, 0.3) is 0 Å². The van der Waals surface area contributed by atoms with Crippen LogP contribution in [0.1, 0.15) is 69.6 Å². The van der Waals surface area contributed by atoms with Crippen LogP contribution >= 0.6 is 12.4 Å². The Bertz CT molecular complexity index is 3200. The first-order valence-corrected chi connectivity index (χ1v) is 24.6. The van der Waals surface area contributed by atoms with Crippen LogP contribution in [0.15, 0.2) is 144 Å². The predicted molar refractivity (Wildman–Crippen MR) is 281 cm³/mol. The Kier molecular flexibility index (Phi) is 13.8. The summed E-state index contributed by atoms with van der Waals surface area (Å²) in [5, 5.41) is 19.2. The lowest BCUT2D eigenvalue weighted by atomic mass is 10.1. The molecule has 14 nitrogen and oxygen atoms in total. The normalized spacial score (nSPS) is 16.3. The highest BCUT2D eigenvalue weighted by atomic mass is 35.5. The van der Waals surface area contributed by atoms with Gasteiger partial charge in [0.2, 0.25) is 10.9 Å². The van der Waals surface area contributed by atoms with Crippen LogP contribution in [-0.4, -0.2) is 103 Å². The molecular weight excluding hydrogens is 954 g/mol. The second kappa shape index (κ2) is 20.5. The Labute approximate surface area is 425 Å². The summed E-state index contributed by atoms with van der Waals surface area (Å²) in [6, 6.07) is 31.3. The Morgan fingerprint density at radius 1 is 0.507 bits per heavy atom. The van der Waals surface area contributed by atoms with Gasteiger partial charge in [-0.15, -0.1) is 12.4 Å². The number of carboxylic acids is 2. The minimum Gasteiger partial charge on any atom is -0.477 e. The number of fused-ring (bicyclic) bond motifs is 2. The zero-order chi connectivity index (χ0) is 49.6. The van der Waals surface area contributed by atoms with E-state index < -0.39 is 34.4 Å². The van der Waals surface area contributed by atoms with Gasteiger partial charge >= 0.3 is 11.9 Å². The van der Waals surface area contributed by atoms with Gasteiger partial charge in [-0.3, -0.25) is 19.4 Å². The minimum atomic E-state index is -1.28. The summed E-state index contributed by atoms with van der Waals surface area (Å²) in [6.07, 6.45) is 14.6. The molecule has 0 radical (unpaired) electrons. The number of aromatic carboxylic acids is 2. The van der Waals surface area contributed by atoms with E-state index in [1.165, 1.54) is 35.7 Å². The SMILES string of the molecule is Cl.O=C(O)c1cn(C2CC2)c2cc(N3CCN(Cc4ccc(-n5cccc5)cc4)CC3)c(F)cc2c1=O.O=C(O)c1cn(C2CC2)c2cc(N3CCN(Cc4ccc(-n5cccc5)cc4)CC3)c(F)cc2c1=O. The van der Waals surface area contributed by atoms with Crippen molar-refractivity contribution >= 4 is 57.5 Å². The van der Waals surface area contributed by atoms with Crippen molar-refractivity contribution in [2.45, 2.75) is 50.9 Å². The smallest absolute Gasteiger partial charge is 0.341 e. The Morgan fingerprint density at radius 3 is 1.16 bits per heavy atom. The summed E-state index contributed by atoms with van der Waals surface area (Å²) in [5.41, 5.74) is 4.99. The van der Waals surface area contributed by atoms with Crippen molar-refractivity contribution in [3.63, 3.8) is 0 Å². The predicted octanol–water partition coefficient (Wildman–Crippen LogP) is 9.00. The van der Waals surface area contributed by atoms with Gasteiger partial charge in [-0.05, 0) is 110 Å². The van der Waals surface area contributed by atoms with Gasteiger partial charge in [-0.2, -0.15) is 0 Å². The molecule has 8 aromatic rings. The van der Waals surface area contributed by atoms with Crippen LogP contribution in [0.25, 0.3) is 33.2 Å². The van der Waals surface area contributed by atoms with E-state index in [0.29, 0.717) is 48.6 Å². The van der Waals surface area contributed by atoms with Crippen molar-refractivity contribution in [1.29, 1.82) is 0 Å². The molecule has 0 bridgehead atoms. The lowest BCUT2D eigenvalue weighted by molar-refractivity contribution is 0.0684. The molecule has 2 aliphatic carbocycles. The topological polar surface area (TPSA) is 141 Å². The molecule has 0 unspecified atom stereocenters. The molecule has 17 heteroatoms. The fourth-order valence-corrected chi connectivity index (χ4v) is 10.2. The van der Waals surface area contributed by atoms with Crippen LogP contribution in [0, 0.1) is 11.6 Å². The van der Waals surface area contributed by atoms with Crippen LogP contribution in [0.5, 0.6) is 0 Å². The number of carbonyl (C=O) groups is 2. The Hall–Kier alpha value is -7.53. The molecule has 2 saturated carbocycles. The van der Waals surface area contributed by atoms with E-state index in [2.05, 4.69) is 67.5 Å². The van der Waals surface area contributed by atoms with Gasteiger partial charge < -0.3 is 38.3 Å². The molecule has 0 atom stereocenters. The molecule has 0 amide bonds. The first-order valence-electron chi connectivity index (χ1n) is 24.6. The molecule has 4 aliphatic rings. The number of benzene rings is 4. The highest BCUT2D eigenvalue weighted by molar-refractivity contribution is 5.95. The van der Waals surface area contributed by atoms with E-state index in [1.807, 2.05) is 68.0 Å². The third-order valence-electron chi connectivity index (χ3n) is 14.5. The molecule has 12 rings (SSSR count). The lowest BCUT2D eigenvalue weighted by Crippen LogP contribution is -2.46. The highest BCUT2D eigenvalue weighted by Gasteiger charge is 2.31. The van der Waals surface area contributed by atoms with E-state index in [0.717, 1.165) is 76.3 Å². The quantitative estimate of drug-likeness (QED) is 0.122. The maximum absolute atomic E-state index is 15.2. The fourth-order valence-electron chi connectivity index (χ4n) is 10.2. The first-order chi connectivity index (χ1) is 34.9. The maximum Gasteiger partial charge on any atom is 0.341 e. The molecule has 2 aliphatic heterocycles. The molecule has 73 heavy (non-hydrogen) atoms. The zero-order valence-electron chi connectivity index (χ0n) is 40.0. The number of rotatable bonds is 12. The Morgan fingerprint density at radius 2 is 0.849 bits per heavy atom. The second-order valence-corrected chi connectivity index (χ2v) is 19.3. The third kappa shape index (κ3) is 10.3. The zero-order valence-corrected chi connectivity index (χ0v) is 40.8. The summed E-state index contributed by atoms with van der Waals surface area (Å²) in [4.78, 5) is 57.4. The van der Waals surface area contributed by atoms with Crippen LogP contribution in [0.3, 0.4) is 0 Å². The van der Waals surface area contributed by atoms with Gasteiger partial charge in [-0.25, -0.2) is 18.4 Å². The first kappa shape index (κ1) is 49.1. The number of carboxylic acid groups (broad SMARTS) is 2. The average molecular weight is 1010 g/mol. The molecule has 4 aromatic heterocycles. The number of pyridine rings is 2. The van der Waals surface area contributed by atoms with E-state index >= 15 is 8.78 Å². The van der Waals surface area contributed by atoms with Gasteiger partial charge in [0.15, 0.2) is 0 Å². The highest BCUT2D eigenvalue weighted by Crippen LogP contribution is 2.40. The van der Waals surface area contributed by atoms with Crippen molar-refractivity contribution in [3.05, 3.63) is 189 Å². The van der Waals surface area contributed by atoms with Crippen LogP contribution in [0.2, 0.25) is 0 Å². The maximum atomic E-state index is 15.2. The summed E-state index contributed by atoms with van der Waals surface area (Å²) in [7, 11) is 0. The summed E-state index contributed by atoms with van der Waals surface area (Å²) in [5.74, 6) is -3.54. The number of anilines is 2. The van der Waals surface area contributed by atoms with Gasteiger partial charge in [0.05, 0.1) is 22.4 Å². The molecule has 4 fully saturated rings. The van der Waals surface area contributed by atoms with Crippen molar-refractivity contribution in [1.82, 2.24) is 28.1 Å². The lowest BCUT2D eigenvalue weighted by Gasteiger charge is -2.36. The van der Waals surface area contributed by atoms with Crippen molar-refractivity contribution in [3.8, 4) is 11.4 Å². The molecule has 6 heterocycles. The number of halogens is 3. The van der Waals surface area contributed by atoms with Crippen molar-refractivity contribution in [2.75, 3.05) is 62.2 Å². The number of hydrogen-bond donors (Lipinski definition) is 2. The number of piperazine rings is 2. The molecular formula is C56H55ClF2N8O6. The van der Waals surface area contributed by atoms with E-state index in [9.17, 15) is 29.4 Å². The molecule has 0 spiro atoms. The number of aromatic nitrogens is 4. The molecule has 376 valence electrons. The number of hydrogen-bond acceptors (Lipinski definition) is 8. The van der Waals surface area contributed by atoms with E-state index in [4.69, 9.17) is 0 Å². The third-order valence-corrected chi connectivity index (χ3v) is 14.5. The fraction of sp³-hybridized carbons (Fsp3) is 0.286. The molecule has 2 N–H and O–H groups in total. The van der Waals surface area contributed by atoms with Crippen LogP contribution in [-0.2, 0) is 13.1 Å². The average Bonchev–Trinajstić information content (AvgIpc) is 4.30. The van der Waals surface area contributed by atoms with E-state index in [1.54, 1.807) is 12.1 Å². The summed E-state index contributed by atoms with van der Waals surface area (Å²) >= 11 is 0. The van der Waals surface area contributed by atoms with Crippen LogP contribution in [0.4, 0.5) is 20.2 Å². The Balaban J connectivity index is 0.000000165. The second-order valence-electron chi connectivity index (χ2n) is 19.3. The largest absolute Gasteiger partial charge is 0.477 e. The molecule has 4 aromatic carbocycles. The van der Waals surface area contributed by atoms with E-state index in [-0.39, 0.29) is 46.4 Å². The summed E-state index contributed by atoms with van der Waals surface area (Å²) < 4.78 is 38.3. The van der Waals surface area contributed by atoms with Gasteiger partial charge in [-0.1, -0.05) is 24.3 Å². The monoisotopic (exact) mass is 1010 g/mol. The standard InChI is InChI=1S/2C28H27FN4O3.ClH/c2*29-24-15-22-25(33(21-7-8-21)18-23(27(22)34)28(35)36)16-26(24)32-13-11-30(12-14-32)17-19-3-5-20(6-4-19)31-9-1-2-10-31;/h2*1-6,9-10,15-16,18,21H,7-8,11-14,17H2,(H,35,36);1H. The molecule has 2 saturated heterocycles. The van der Waals surface area contributed by atoms with Crippen molar-refractivity contribution in [2.24, 2.45) is 0 Å². The minimum absolute atomic E-state index is 0. The van der Waals surface area contributed by atoms with Crippen molar-refractivity contribution < 1.29 is 28.6 Å². The number of nitrogens with zero attached hydrogens (tertiary/aromatic N) is 8. The van der Waals surface area contributed by atoms with Gasteiger partial charge in [0.1, 0.15) is 22.8 Å². The van der Waals surface area contributed by atoms with Crippen LogP contribution < -0.4 is 20.7 Å².